The predicted octanol–water partition coefficient (Wildman–Crippen LogP) is 4.76. The smallest absolute Gasteiger partial charge is 0.270 e. The van der Waals surface area contributed by atoms with Gasteiger partial charge in [0.25, 0.3) is 5.91 Å². The van der Waals surface area contributed by atoms with Crippen molar-refractivity contribution in [1.82, 2.24) is 9.47 Å². The Morgan fingerprint density at radius 2 is 2.10 bits per heavy atom. The Balaban J connectivity index is 2.20. The number of amides is 1. The minimum atomic E-state index is 0.0737. The van der Waals surface area contributed by atoms with Crippen molar-refractivity contribution in [1.29, 1.82) is 0 Å². The summed E-state index contributed by atoms with van der Waals surface area (Å²) in [6.45, 7) is 6.18. The molecule has 0 fully saturated rings. The first-order chi connectivity index (χ1) is 9.55. The van der Waals surface area contributed by atoms with E-state index < -0.39 is 0 Å². The van der Waals surface area contributed by atoms with Gasteiger partial charge in [0.15, 0.2) is 0 Å². The number of aryl methyl sites for hydroxylation is 1. The number of carbonyl (C=O) groups excluding carboxylic acids is 1. The third kappa shape index (κ3) is 3.54. The fraction of sp³-hybridized carbons (Fsp3) is 0.357. The van der Waals surface area contributed by atoms with E-state index >= 15 is 0 Å². The molecule has 108 valence electrons. The summed E-state index contributed by atoms with van der Waals surface area (Å²) >= 11 is 8.56. The van der Waals surface area contributed by atoms with Crippen LogP contribution in [-0.2, 0) is 13.1 Å². The molecule has 6 heteroatoms. The van der Waals surface area contributed by atoms with Crippen molar-refractivity contribution in [2.45, 2.75) is 26.9 Å². The van der Waals surface area contributed by atoms with Gasteiger partial charge >= 0.3 is 0 Å². The number of hydrogen-bond donors (Lipinski definition) is 0. The van der Waals surface area contributed by atoms with Crippen molar-refractivity contribution in [3.63, 3.8) is 0 Å². The minimum Gasteiger partial charge on any atom is -0.343 e. The molecule has 0 unspecified atom stereocenters. The zero-order valence-corrected chi connectivity index (χ0v) is 15.4. The summed E-state index contributed by atoms with van der Waals surface area (Å²) in [4.78, 5) is 15.7. The summed E-state index contributed by atoms with van der Waals surface area (Å²) in [7, 11) is 0. The van der Waals surface area contributed by atoms with Crippen LogP contribution in [0.4, 0.5) is 0 Å². The summed E-state index contributed by atoms with van der Waals surface area (Å²) in [6.07, 6.45) is 1.95. The van der Waals surface area contributed by atoms with Crippen molar-refractivity contribution in [2.75, 3.05) is 6.54 Å². The molecule has 0 aliphatic carbocycles. The molecule has 2 aromatic rings. The molecule has 2 heterocycles. The largest absolute Gasteiger partial charge is 0.343 e. The highest BCUT2D eigenvalue weighted by Gasteiger charge is 2.19. The van der Waals surface area contributed by atoms with E-state index in [0.29, 0.717) is 13.1 Å². The van der Waals surface area contributed by atoms with Crippen LogP contribution in [0.1, 0.15) is 29.2 Å². The van der Waals surface area contributed by atoms with Gasteiger partial charge in [0, 0.05) is 28.6 Å². The number of hydrogen-bond acceptors (Lipinski definition) is 2. The Hall–Kier alpha value is -0.590. The van der Waals surface area contributed by atoms with Crippen LogP contribution < -0.4 is 0 Å². The van der Waals surface area contributed by atoms with Crippen LogP contribution in [0.3, 0.4) is 0 Å². The van der Waals surface area contributed by atoms with E-state index in [4.69, 9.17) is 0 Å². The van der Waals surface area contributed by atoms with Gasteiger partial charge in [-0.15, -0.1) is 11.3 Å². The highest BCUT2D eigenvalue weighted by Crippen LogP contribution is 2.24. The first kappa shape index (κ1) is 15.8. The van der Waals surface area contributed by atoms with Crippen LogP contribution in [0.15, 0.2) is 32.7 Å². The maximum Gasteiger partial charge on any atom is 0.270 e. The second kappa shape index (κ2) is 6.91. The van der Waals surface area contributed by atoms with E-state index in [9.17, 15) is 4.79 Å². The molecule has 0 aliphatic heterocycles. The lowest BCUT2D eigenvalue weighted by Crippen LogP contribution is -2.31. The maximum absolute atomic E-state index is 12.7. The standard InChI is InChI=1S/C14H16Br2N2OS/c1-3-17-8-10(15)7-12(17)14(19)18(4-2)9-11-5-6-13(16)20-11/h5-8H,3-4,9H2,1-2H3. The average Bonchev–Trinajstić information content (AvgIpc) is 3.01. The lowest BCUT2D eigenvalue weighted by molar-refractivity contribution is 0.0743. The third-order valence-electron chi connectivity index (χ3n) is 3.07. The van der Waals surface area contributed by atoms with Gasteiger partial charge in [0.05, 0.1) is 10.3 Å². The van der Waals surface area contributed by atoms with E-state index in [0.717, 1.165) is 20.5 Å². The first-order valence-electron chi connectivity index (χ1n) is 6.44. The SMILES string of the molecule is CCN(Cc1ccc(Br)s1)C(=O)c1cc(Br)cn1CC. The van der Waals surface area contributed by atoms with Crippen LogP contribution in [0.2, 0.25) is 0 Å². The van der Waals surface area contributed by atoms with E-state index in [1.807, 2.05) is 41.6 Å². The Morgan fingerprint density at radius 3 is 2.65 bits per heavy atom. The van der Waals surface area contributed by atoms with Gasteiger partial charge in [0.2, 0.25) is 0 Å². The summed E-state index contributed by atoms with van der Waals surface area (Å²) in [5.74, 6) is 0.0737. The molecule has 0 N–H and O–H groups in total. The van der Waals surface area contributed by atoms with Gasteiger partial charge < -0.3 is 9.47 Å². The monoisotopic (exact) mass is 418 g/mol. The Labute approximate surface area is 139 Å². The maximum atomic E-state index is 12.7. The van der Waals surface area contributed by atoms with Crippen molar-refractivity contribution >= 4 is 49.1 Å². The van der Waals surface area contributed by atoms with E-state index in [1.54, 1.807) is 11.3 Å². The molecule has 0 aliphatic rings. The normalized spacial score (nSPS) is 10.8. The summed E-state index contributed by atoms with van der Waals surface area (Å²) in [5.41, 5.74) is 0.733. The van der Waals surface area contributed by atoms with Crippen molar-refractivity contribution in [3.8, 4) is 0 Å². The molecule has 2 rings (SSSR count). The van der Waals surface area contributed by atoms with E-state index in [2.05, 4.69) is 37.9 Å². The molecule has 0 saturated carbocycles. The topological polar surface area (TPSA) is 25.2 Å². The molecule has 0 saturated heterocycles. The van der Waals surface area contributed by atoms with Crippen LogP contribution in [0.5, 0.6) is 0 Å². The lowest BCUT2D eigenvalue weighted by Gasteiger charge is -2.20. The number of carbonyl (C=O) groups is 1. The van der Waals surface area contributed by atoms with Crippen LogP contribution in [0, 0.1) is 0 Å². The second-order valence-electron chi connectivity index (χ2n) is 4.35. The number of halogens is 2. The predicted molar refractivity (Wildman–Crippen MR) is 90.2 cm³/mol. The molecule has 20 heavy (non-hydrogen) atoms. The second-order valence-corrected chi connectivity index (χ2v) is 7.82. The zero-order chi connectivity index (χ0) is 14.7. The molecule has 3 nitrogen and oxygen atoms in total. The number of aromatic nitrogens is 1. The molecule has 1 amide bonds. The Kier molecular flexibility index (Phi) is 5.46. The zero-order valence-electron chi connectivity index (χ0n) is 11.4. The molecule has 0 atom stereocenters. The van der Waals surface area contributed by atoms with Crippen LogP contribution in [0.25, 0.3) is 0 Å². The summed E-state index contributed by atoms with van der Waals surface area (Å²) in [6, 6.07) is 5.96. The third-order valence-corrected chi connectivity index (χ3v) is 5.11. The quantitative estimate of drug-likeness (QED) is 0.685. The summed E-state index contributed by atoms with van der Waals surface area (Å²) < 4.78 is 4.01. The van der Waals surface area contributed by atoms with Gasteiger partial charge in [-0.1, -0.05) is 0 Å². The van der Waals surface area contributed by atoms with Gasteiger partial charge in [0.1, 0.15) is 5.69 Å². The molecular formula is C14H16Br2N2OS. The first-order valence-corrected chi connectivity index (χ1v) is 8.84. The van der Waals surface area contributed by atoms with E-state index in [1.165, 1.54) is 4.88 Å². The van der Waals surface area contributed by atoms with Crippen molar-refractivity contribution < 1.29 is 4.79 Å². The highest BCUT2D eigenvalue weighted by atomic mass is 79.9. The van der Waals surface area contributed by atoms with Crippen LogP contribution >= 0.6 is 43.2 Å². The Bertz CT molecular complexity index is 606. The highest BCUT2D eigenvalue weighted by molar-refractivity contribution is 9.11. The van der Waals surface area contributed by atoms with E-state index in [-0.39, 0.29) is 5.91 Å². The molecule has 0 spiro atoms. The fourth-order valence-electron chi connectivity index (χ4n) is 2.03. The minimum absolute atomic E-state index is 0.0737. The number of nitrogens with zero attached hydrogens (tertiary/aromatic N) is 2. The van der Waals surface area contributed by atoms with Gasteiger partial charge in [-0.2, -0.15) is 0 Å². The van der Waals surface area contributed by atoms with Gasteiger partial charge in [-0.25, -0.2) is 0 Å². The molecule has 0 radical (unpaired) electrons. The molecule has 2 aromatic heterocycles. The Morgan fingerprint density at radius 1 is 1.35 bits per heavy atom. The molecule has 0 bridgehead atoms. The summed E-state index contributed by atoms with van der Waals surface area (Å²) in [5, 5.41) is 0. The average molecular weight is 420 g/mol. The fourth-order valence-corrected chi connectivity index (χ4v) is 3.99. The number of thiophene rings is 1. The number of rotatable bonds is 5. The molecular weight excluding hydrogens is 404 g/mol. The lowest BCUT2D eigenvalue weighted by atomic mass is 10.3. The van der Waals surface area contributed by atoms with Gasteiger partial charge in [-0.05, 0) is 63.9 Å². The van der Waals surface area contributed by atoms with Gasteiger partial charge in [-0.3, -0.25) is 4.79 Å². The van der Waals surface area contributed by atoms with Crippen molar-refractivity contribution in [3.05, 3.63) is 43.2 Å². The van der Waals surface area contributed by atoms with Crippen molar-refractivity contribution in [2.24, 2.45) is 0 Å². The molecule has 0 aromatic carbocycles. The van der Waals surface area contributed by atoms with Crippen LogP contribution in [-0.4, -0.2) is 21.9 Å².